The number of imide groups is 1. The van der Waals surface area contributed by atoms with Crippen molar-refractivity contribution in [3.8, 4) is 5.75 Å². The Morgan fingerprint density at radius 1 is 1.35 bits per heavy atom. The summed E-state index contributed by atoms with van der Waals surface area (Å²) in [4.78, 5) is 25.5. The molecule has 2 rings (SSSR count). The number of nitrogens with zero attached hydrogens (tertiary/aromatic N) is 1. The molecule has 0 saturated carbocycles. The Kier molecular flexibility index (Phi) is 3.70. The van der Waals surface area contributed by atoms with E-state index in [0.717, 1.165) is 16.9 Å². The molecular formula is C15H20N2O3. The molecule has 1 aliphatic heterocycles. The van der Waals surface area contributed by atoms with Crippen LogP contribution < -0.4 is 10.1 Å². The quantitative estimate of drug-likeness (QED) is 0.858. The van der Waals surface area contributed by atoms with Crippen LogP contribution in [0.1, 0.15) is 31.4 Å². The first-order valence-electron chi connectivity index (χ1n) is 6.69. The number of urea groups is 1. The highest BCUT2D eigenvalue weighted by molar-refractivity contribution is 6.06. The van der Waals surface area contributed by atoms with Crippen LogP contribution in [-0.2, 0) is 11.3 Å². The molecule has 1 unspecified atom stereocenters. The number of benzene rings is 1. The second-order valence-corrected chi connectivity index (χ2v) is 5.29. The third-order valence-electron chi connectivity index (χ3n) is 4.00. The first-order valence-corrected chi connectivity index (χ1v) is 6.69. The minimum absolute atomic E-state index is 0.239. The molecule has 108 valence electrons. The maximum absolute atomic E-state index is 12.0. The molecule has 0 aliphatic carbocycles. The van der Waals surface area contributed by atoms with Gasteiger partial charge in [0, 0.05) is 5.56 Å². The van der Waals surface area contributed by atoms with E-state index in [1.165, 1.54) is 0 Å². The molecule has 1 saturated heterocycles. The van der Waals surface area contributed by atoms with Gasteiger partial charge in [-0.05, 0) is 26.3 Å². The first-order chi connectivity index (χ1) is 9.42. The zero-order chi connectivity index (χ0) is 14.9. The van der Waals surface area contributed by atoms with Crippen LogP contribution in [0.5, 0.6) is 5.75 Å². The Morgan fingerprint density at radius 3 is 2.65 bits per heavy atom. The Hall–Kier alpha value is -2.04. The van der Waals surface area contributed by atoms with E-state index in [4.69, 9.17) is 4.74 Å². The molecule has 1 fully saturated rings. The van der Waals surface area contributed by atoms with Gasteiger partial charge in [0.1, 0.15) is 11.3 Å². The number of hydrogen-bond acceptors (Lipinski definition) is 3. The third-order valence-corrected chi connectivity index (χ3v) is 4.00. The highest BCUT2D eigenvalue weighted by Crippen LogP contribution is 2.30. The van der Waals surface area contributed by atoms with Crippen molar-refractivity contribution in [2.24, 2.45) is 0 Å². The molecule has 1 atom stereocenters. The van der Waals surface area contributed by atoms with Gasteiger partial charge in [-0.1, -0.05) is 24.6 Å². The average molecular weight is 276 g/mol. The molecule has 1 heterocycles. The molecule has 1 aromatic carbocycles. The molecule has 1 aromatic rings. The second-order valence-electron chi connectivity index (χ2n) is 5.29. The van der Waals surface area contributed by atoms with E-state index in [1.807, 2.05) is 32.0 Å². The van der Waals surface area contributed by atoms with Gasteiger partial charge < -0.3 is 9.64 Å². The molecule has 0 bridgehead atoms. The van der Waals surface area contributed by atoms with E-state index in [1.54, 1.807) is 18.9 Å². The lowest BCUT2D eigenvalue weighted by atomic mass is 9.96. The van der Waals surface area contributed by atoms with Crippen LogP contribution in [0, 0.1) is 6.92 Å². The number of amides is 3. The Morgan fingerprint density at radius 2 is 2.05 bits per heavy atom. The van der Waals surface area contributed by atoms with Gasteiger partial charge >= 0.3 is 6.03 Å². The SMILES string of the molecule is CCC1(C)C(=O)NC(=O)N1Cc1cc(C)ccc1OC. The van der Waals surface area contributed by atoms with E-state index >= 15 is 0 Å². The maximum atomic E-state index is 12.0. The number of methoxy groups -OCH3 is 1. The largest absolute Gasteiger partial charge is 0.496 e. The van der Waals surface area contributed by atoms with Crippen molar-refractivity contribution in [2.75, 3.05) is 7.11 Å². The predicted octanol–water partition coefficient (Wildman–Crippen LogP) is 2.22. The van der Waals surface area contributed by atoms with Gasteiger partial charge in [0.2, 0.25) is 0 Å². The van der Waals surface area contributed by atoms with Crippen LogP contribution >= 0.6 is 0 Å². The van der Waals surface area contributed by atoms with Gasteiger partial charge in [-0.3, -0.25) is 10.1 Å². The normalized spacial score (nSPS) is 22.1. The Balaban J connectivity index is 2.36. The van der Waals surface area contributed by atoms with E-state index in [0.29, 0.717) is 13.0 Å². The summed E-state index contributed by atoms with van der Waals surface area (Å²) >= 11 is 0. The molecular weight excluding hydrogens is 256 g/mol. The van der Waals surface area contributed by atoms with Crippen molar-refractivity contribution in [3.63, 3.8) is 0 Å². The first kappa shape index (κ1) is 14.4. The summed E-state index contributed by atoms with van der Waals surface area (Å²) in [7, 11) is 1.60. The number of ether oxygens (including phenoxy) is 1. The zero-order valence-corrected chi connectivity index (χ0v) is 12.3. The summed E-state index contributed by atoms with van der Waals surface area (Å²) in [6.07, 6.45) is 0.568. The van der Waals surface area contributed by atoms with Crippen LogP contribution in [0.15, 0.2) is 18.2 Å². The lowest BCUT2D eigenvalue weighted by Crippen LogP contribution is -2.46. The standard InChI is InChI=1S/C15H20N2O3/c1-5-15(3)13(18)16-14(19)17(15)9-11-8-10(2)6-7-12(11)20-4/h6-8H,5,9H2,1-4H3,(H,16,18,19). The summed E-state index contributed by atoms with van der Waals surface area (Å²) in [6.45, 7) is 6.03. The van der Waals surface area contributed by atoms with Crippen LogP contribution in [0.3, 0.4) is 0 Å². The van der Waals surface area contributed by atoms with Gasteiger partial charge in [0.05, 0.1) is 13.7 Å². The van der Waals surface area contributed by atoms with Crippen molar-refractivity contribution >= 4 is 11.9 Å². The highest BCUT2D eigenvalue weighted by atomic mass is 16.5. The van der Waals surface area contributed by atoms with Crippen molar-refractivity contribution in [3.05, 3.63) is 29.3 Å². The van der Waals surface area contributed by atoms with Gasteiger partial charge in [0.15, 0.2) is 0 Å². The van der Waals surface area contributed by atoms with E-state index in [9.17, 15) is 9.59 Å². The maximum Gasteiger partial charge on any atom is 0.325 e. The summed E-state index contributed by atoms with van der Waals surface area (Å²) in [5.41, 5.74) is 1.19. The van der Waals surface area contributed by atoms with Crippen LogP contribution in [0.4, 0.5) is 4.79 Å². The van der Waals surface area contributed by atoms with Gasteiger partial charge in [0.25, 0.3) is 5.91 Å². The lowest BCUT2D eigenvalue weighted by Gasteiger charge is -2.31. The molecule has 3 amide bonds. The number of nitrogens with one attached hydrogen (secondary N) is 1. The molecule has 0 spiro atoms. The molecule has 5 nitrogen and oxygen atoms in total. The molecule has 0 radical (unpaired) electrons. The van der Waals surface area contributed by atoms with Crippen LogP contribution in [0.25, 0.3) is 0 Å². The number of hydrogen-bond donors (Lipinski definition) is 1. The number of carbonyl (C=O) groups is 2. The van der Waals surface area contributed by atoms with Gasteiger partial charge in [-0.2, -0.15) is 0 Å². The van der Waals surface area contributed by atoms with Crippen molar-refractivity contribution < 1.29 is 14.3 Å². The summed E-state index contributed by atoms with van der Waals surface area (Å²) < 4.78 is 5.33. The lowest BCUT2D eigenvalue weighted by molar-refractivity contribution is -0.126. The zero-order valence-electron chi connectivity index (χ0n) is 12.3. The van der Waals surface area contributed by atoms with Crippen LogP contribution in [-0.4, -0.2) is 29.5 Å². The number of rotatable bonds is 4. The Bertz CT molecular complexity index is 556. The fraction of sp³-hybridized carbons (Fsp3) is 0.467. The minimum atomic E-state index is -0.800. The van der Waals surface area contributed by atoms with E-state index in [-0.39, 0.29) is 11.9 Å². The third kappa shape index (κ3) is 2.24. The summed E-state index contributed by atoms with van der Waals surface area (Å²) in [5, 5.41) is 2.39. The van der Waals surface area contributed by atoms with Crippen LogP contribution in [0.2, 0.25) is 0 Å². The topological polar surface area (TPSA) is 58.6 Å². The fourth-order valence-corrected chi connectivity index (χ4v) is 2.44. The smallest absolute Gasteiger partial charge is 0.325 e. The number of carbonyl (C=O) groups excluding carboxylic acids is 2. The summed E-state index contributed by atoms with van der Waals surface area (Å²) in [6, 6.07) is 5.47. The van der Waals surface area contributed by atoms with Gasteiger partial charge in [-0.15, -0.1) is 0 Å². The molecule has 1 N–H and O–H groups in total. The Labute approximate surface area is 118 Å². The molecule has 1 aliphatic rings. The van der Waals surface area contributed by atoms with Crippen molar-refractivity contribution in [2.45, 2.75) is 39.3 Å². The van der Waals surface area contributed by atoms with E-state index in [2.05, 4.69) is 5.32 Å². The highest BCUT2D eigenvalue weighted by Gasteiger charge is 2.47. The number of aryl methyl sites for hydroxylation is 1. The molecule has 0 aromatic heterocycles. The fourth-order valence-electron chi connectivity index (χ4n) is 2.44. The monoisotopic (exact) mass is 276 g/mol. The predicted molar refractivity (Wildman–Crippen MR) is 75.5 cm³/mol. The second kappa shape index (κ2) is 5.15. The summed E-state index contributed by atoms with van der Waals surface area (Å²) in [5.74, 6) is 0.484. The molecule has 5 heteroatoms. The van der Waals surface area contributed by atoms with Gasteiger partial charge in [-0.25, -0.2) is 4.79 Å². The van der Waals surface area contributed by atoms with Crippen molar-refractivity contribution in [1.82, 2.24) is 10.2 Å². The molecule has 20 heavy (non-hydrogen) atoms. The van der Waals surface area contributed by atoms with E-state index < -0.39 is 5.54 Å². The van der Waals surface area contributed by atoms with Crippen molar-refractivity contribution in [1.29, 1.82) is 0 Å². The minimum Gasteiger partial charge on any atom is -0.496 e. The average Bonchev–Trinajstić information content (AvgIpc) is 2.63.